The van der Waals surface area contributed by atoms with Gasteiger partial charge in [0.1, 0.15) is 0 Å². The number of sulfone groups is 2. The van der Waals surface area contributed by atoms with Gasteiger partial charge in [0, 0.05) is 5.56 Å². The van der Waals surface area contributed by atoms with E-state index in [2.05, 4.69) is 4.98 Å². The van der Waals surface area contributed by atoms with Crippen LogP contribution < -0.4 is 0 Å². The molecule has 0 aliphatic rings. The van der Waals surface area contributed by atoms with E-state index in [-0.39, 0.29) is 10.8 Å². The highest BCUT2D eigenvalue weighted by atomic mass is 32.2. The molecular weight excluding hydrogens is 386 g/mol. The van der Waals surface area contributed by atoms with Crippen molar-refractivity contribution in [3.8, 4) is 11.5 Å². The largest absolute Gasteiger partial charge is 0.423 e. The molecule has 27 heavy (non-hydrogen) atoms. The molecule has 0 atom stereocenters. The summed E-state index contributed by atoms with van der Waals surface area (Å²) in [5.41, 5.74) is 1.37. The fraction of sp³-hybridized carbons (Fsp3) is 0.211. The van der Waals surface area contributed by atoms with Crippen molar-refractivity contribution in [3.63, 3.8) is 0 Å². The zero-order valence-electron chi connectivity index (χ0n) is 15.1. The monoisotopic (exact) mass is 405 g/mol. The maximum absolute atomic E-state index is 13.1. The van der Waals surface area contributed by atoms with Gasteiger partial charge in [0.25, 0.3) is 5.09 Å². The average molecular weight is 405 g/mol. The zero-order valence-corrected chi connectivity index (χ0v) is 16.7. The van der Waals surface area contributed by atoms with Crippen LogP contribution in [0.15, 0.2) is 74.0 Å². The highest BCUT2D eigenvalue weighted by Crippen LogP contribution is 2.33. The molecule has 0 bridgehead atoms. The lowest BCUT2D eigenvalue weighted by Gasteiger charge is -2.07. The van der Waals surface area contributed by atoms with Crippen molar-refractivity contribution >= 4 is 19.7 Å². The van der Waals surface area contributed by atoms with Crippen LogP contribution in [-0.2, 0) is 19.7 Å². The predicted octanol–water partition coefficient (Wildman–Crippen LogP) is 3.66. The van der Waals surface area contributed by atoms with Crippen molar-refractivity contribution in [2.75, 3.05) is 0 Å². The number of nitrogens with zero attached hydrogens (tertiary/aromatic N) is 1. The Kier molecular flexibility index (Phi) is 4.96. The van der Waals surface area contributed by atoms with Crippen LogP contribution in [0.4, 0.5) is 0 Å². The summed E-state index contributed by atoms with van der Waals surface area (Å²) in [4.78, 5) is 4.03. The van der Waals surface area contributed by atoms with Gasteiger partial charge in [-0.3, -0.25) is 0 Å². The Bertz CT molecular complexity index is 1160. The summed E-state index contributed by atoms with van der Waals surface area (Å²) in [6.45, 7) is 4.75. The van der Waals surface area contributed by atoms with Crippen molar-refractivity contribution in [1.82, 2.24) is 4.98 Å². The normalized spacial score (nSPS) is 12.4. The molecule has 3 aromatic rings. The number of benzene rings is 2. The third kappa shape index (κ3) is 3.54. The molecule has 1 aromatic heterocycles. The van der Waals surface area contributed by atoms with E-state index in [1.807, 2.05) is 6.92 Å². The second-order valence-electron chi connectivity index (χ2n) is 6.39. The van der Waals surface area contributed by atoms with Gasteiger partial charge in [-0.15, -0.1) is 0 Å². The fourth-order valence-electron chi connectivity index (χ4n) is 2.39. The Morgan fingerprint density at radius 3 is 2.04 bits per heavy atom. The molecule has 0 amide bonds. The van der Waals surface area contributed by atoms with Gasteiger partial charge >= 0.3 is 0 Å². The molecule has 0 radical (unpaired) electrons. The number of rotatable bonds is 5. The summed E-state index contributed by atoms with van der Waals surface area (Å²) in [5, 5.41) is -2.07. The molecule has 0 saturated carbocycles. The smallest absolute Gasteiger partial charge is 0.258 e. The van der Waals surface area contributed by atoms with Crippen LogP contribution in [0.1, 0.15) is 19.4 Å². The molecular formula is C19H19NO5S2. The highest BCUT2D eigenvalue weighted by Gasteiger charge is 2.36. The molecule has 142 valence electrons. The molecule has 0 spiro atoms. The van der Waals surface area contributed by atoms with Gasteiger partial charge in [0.2, 0.25) is 30.6 Å². The van der Waals surface area contributed by atoms with Crippen molar-refractivity contribution in [2.24, 2.45) is 0 Å². The summed E-state index contributed by atoms with van der Waals surface area (Å²) in [6.07, 6.45) is 0. The lowest BCUT2D eigenvalue weighted by atomic mass is 10.2. The van der Waals surface area contributed by atoms with Crippen molar-refractivity contribution in [1.29, 1.82) is 0 Å². The van der Waals surface area contributed by atoms with E-state index in [1.54, 1.807) is 42.5 Å². The summed E-state index contributed by atoms with van der Waals surface area (Å²) in [7, 11) is -8.18. The number of aryl methyl sites for hydroxylation is 1. The summed E-state index contributed by atoms with van der Waals surface area (Å²) >= 11 is 0. The SMILES string of the molecule is Cc1ccc(S(=O)(=O)c2nc(-c3ccccc3)oc2S(=O)(=O)C(C)C)cc1. The Hall–Kier alpha value is -2.45. The first-order chi connectivity index (χ1) is 12.6. The second-order valence-corrected chi connectivity index (χ2v) is 10.7. The Morgan fingerprint density at radius 1 is 0.889 bits per heavy atom. The molecule has 0 saturated heterocycles. The Balaban J connectivity index is 2.28. The zero-order chi connectivity index (χ0) is 19.8. The number of hydrogen-bond acceptors (Lipinski definition) is 6. The summed E-state index contributed by atoms with van der Waals surface area (Å²) in [5.74, 6) is -0.0551. The lowest BCUT2D eigenvalue weighted by molar-refractivity contribution is 0.442. The quantitative estimate of drug-likeness (QED) is 0.643. The molecule has 1 heterocycles. The van der Waals surface area contributed by atoms with Gasteiger partial charge in [-0.05, 0) is 45.0 Å². The first-order valence-corrected chi connectivity index (χ1v) is 11.3. The summed E-state index contributed by atoms with van der Waals surface area (Å²) in [6, 6.07) is 14.7. The minimum absolute atomic E-state index is 0.0405. The average Bonchev–Trinajstić information content (AvgIpc) is 3.10. The van der Waals surface area contributed by atoms with Crippen LogP contribution >= 0.6 is 0 Å². The van der Waals surface area contributed by atoms with Crippen LogP contribution in [0.3, 0.4) is 0 Å². The predicted molar refractivity (Wildman–Crippen MR) is 101 cm³/mol. The Morgan fingerprint density at radius 2 is 1.48 bits per heavy atom. The van der Waals surface area contributed by atoms with E-state index in [9.17, 15) is 16.8 Å². The van der Waals surface area contributed by atoms with E-state index >= 15 is 0 Å². The molecule has 0 aliphatic heterocycles. The third-order valence-corrected chi connectivity index (χ3v) is 7.90. The number of oxazole rings is 1. The molecule has 0 unspecified atom stereocenters. The standard InChI is InChI=1S/C19H19NO5S2/c1-13(2)26(21,22)19-18(20-17(25-19)15-7-5-4-6-8-15)27(23,24)16-11-9-14(3)10-12-16/h4-13H,1-3H3. The third-order valence-electron chi connectivity index (χ3n) is 4.05. The molecule has 0 aliphatic carbocycles. The minimum Gasteiger partial charge on any atom is -0.423 e. The van der Waals surface area contributed by atoms with Gasteiger partial charge in [0.15, 0.2) is 0 Å². The van der Waals surface area contributed by atoms with Crippen LogP contribution in [0.5, 0.6) is 0 Å². The van der Waals surface area contributed by atoms with Gasteiger partial charge in [0.05, 0.1) is 10.1 Å². The molecule has 8 heteroatoms. The van der Waals surface area contributed by atoms with Crippen LogP contribution in [-0.4, -0.2) is 27.1 Å². The summed E-state index contributed by atoms with van der Waals surface area (Å²) < 4.78 is 57.1. The van der Waals surface area contributed by atoms with Crippen molar-refractivity contribution < 1.29 is 21.3 Å². The maximum Gasteiger partial charge on any atom is 0.258 e. The van der Waals surface area contributed by atoms with Gasteiger partial charge in [-0.1, -0.05) is 35.9 Å². The Labute approximate surface area is 158 Å². The van der Waals surface area contributed by atoms with Gasteiger partial charge in [-0.25, -0.2) is 16.8 Å². The molecule has 0 fully saturated rings. The minimum atomic E-state index is -4.17. The van der Waals surface area contributed by atoms with Gasteiger partial charge in [-0.2, -0.15) is 4.98 Å². The maximum atomic E-state index is 13.1. The molecule has 6 nitrogen and oxygen atoms in total. The lowest BCUT2D eigenvalue weighted by Crippen LogP contribution is -2.17. The van der Waals surface area contributed by atoms with E-state index in [4.69, 9.17) is 4.42 Å². The van der Waals surface area contributed by atoms with Crippen LogP contribution in [0.2, 0.25) is 0 Å². The highest BCUT2D eigenvalue weighted by molar-refractivity contribution is 7.94. The topological polar surface area (TPSA) is 94.3 Å². The second kappa shape index (κ2) is 6.94. The fourth-order valence-corrected chi connectivity index (χ4v) is 5.16. The first-order valence-electron chi connectivity index (χ1n) is 8.26. The van der Waals surface area contributed by atoms with Crippen molar-refractivity contribution in [2.45, 2.75) is 41.0 Å². The van der Waals surface area contributed by atoms with Crippen molar-refractivity contribution in [3.05, 3.63) is 60.2 Å². The van der Waals surface area contributed by atoms with Crippen LogP contribution in [0, 0.1) is 6.92 Å². The molecule has 2 aromatic carbocycles. The molecule has 0 N–H and O–H groups in total. The van der Waals surface area contributed by atoms with E-state index in [0.29, 0.717) is 5.56 Å². The molecule has 3 rings (SSSR count). The van der Waals surface area contributed by atoms with E-state index < -0.39 is 35.0 Å². The number of hydrogen-bond donors (Lipinski definition) is 0. The van der Waals surface area contributed by atoms with Gasteiger partial charge < -0.3 is 4.42 Å². The van der Waals surface area contributed by atoms with E-state index in [1.165, 1.54) is 26.0 Å². The van der Waals surface area contributed by atoms with E-state index in [0.717, 1.165) is 5.56 Å². The number of aromatic nitrogens is 1. The van der Waals surface area contributed by atoms with Crippen LogP contribution in [0.25, 0.3) is 11.5 Å². The first kappa shape index (κ1) is 19.3.